The highest BCUT2D eigenvalue weighted by Crippen LogP contribution is 2.43. The molecule has 692 valence electrons. The van der Waals surface area contributed by atoms with Gasteiger partial charge in [0.25, 0.3) is 17.7 Å². The molecular formula is C89H95F13N18O10. The van der Waals surface area contributed by atoms with Gasteiger partial charge in [-0.2, -0.15) is 39.5 Å². The molecule has 9 heterocycles. The summed E-state index contributed by atoms with van der Waals surface area (Å²) in [5.74, 6) is -7.47. The van der Waals surface area contributed by atoms with Gasteiger partial charge < -0.3 is 70.9 Å². The Hall–Kier alpha value is -13.0. The van der Waals surface area contributed by atoms with E-state index in [4.69, 9.17) is 15.6 Å². The number of piperazine rings is 4. The minimum Gasteiger partial charge on any atom is -0.481 e. The van der Waals surface area contributed by atoms with Gasteiger partial charge in [-0.05, 0) is 147 Å². The monoisotopic (exact) mass is 1820 g/mol. The largest absolute Gasteiger partial charge is 0.481 e. The Bertz CT molecular complexity index is 5780. The second kappa shape index (κ2) is 39.9. The highest BCUT2D eigenvalue weighted by molar-refractivity contribution is 6.09. The van der Waals surface area contributed by atoms with Crippen molar-refractivity contribution >= 4 is 81.4 Å². The number of nitrogens with two attached hydrogens (primary N) is 1. The predicted molar refractivity (Wildman–Crippen MR) is 462 cm³/mol. The van der Waals surface area contributed by atoms with Gasteiger partial charge in [-0.3, -0.25) is 53.1 Å². The quantitative estimate of drug-likeness (QED) is 0.0392. The molecule has 6 atom stereocenters. The van der Waals surface area contributed by atoms with Crippen molar-refractivity contribution in [1.82, 2.24) is 44.5 Å². The zero-order valence-corrected chi connectivity index (χ0v) is 72.0. The predicted octanol–water partition coefficient (Wildman–Crippen LogP) is 13.0. The number of ether oxygens (including phenoxy) is 1. The summed E-state index contributed by atoms with van der Waals surface area (Å²) in [7, 11) is 5.94. The lowest BCUT2D eigenvalue weighted by Gasteiger charge is -2.44. The van der Waals surface area contributed by atoms with E-state index in [-0.39, 0.29) is 100 Å². The average molecular weight is 1820 g/mol. The minimum absolute atomic E-state index is 0.0282. The van der Waals surface area contributed by atoms with Crippen LogP contribution in [0.1, 0.15) is 113 Å². The van der Waals surface area contributed by atoms with Crippen LogP contribution >= 0.6 is 0 Å². The number of hydrogen-bond donors (Lipinski definition) is 7. The van der Waals surface area contributed by atoms with Crippen LogP contribution in [0.3, 0.4) is 0 Å². The molecular weight excluding hydrogens is 1730 g/mol. The number of hydrogen-bond acceptors (Lipinski definition) is 20. The Morgan fingerprint density at radius 3 is 1.31 bits per heavy atom. The number of carbonyl (C=O) groups excluding carboxylic acids is 5. The lowest BCUT2D eigenvalue weighted by molar-refractivity contribution is -0.141. The number of anilines is 8. The van der Waals surface area contributed by atoms with E-state index in [1.165, 1.54) is 61.1 Å². The van der Waals surface area contributed by atoms with E-state index >= 15 is 8.78 Å². The third kappa shape index (κ3) is 22.6. The van der Waals surface area contributed by atoms with E-state index in [0.29, 0.717) is 162 Å². The molecule has 0 spiro atoms. The first-order valence-electron chi connectivity index (χ1n) is 41.4. The standard InChI is InChI=1S/C33H37F4N7O5.C29H31F5N6O2.C27H27F4N5O3/c1-19-17-44(18-20(2)41(19)3)27-14-25(34)22(12-26(27)40-32(49)23-16-39-29(45)13-24(23)33(35,36)37)21-4-5-28(38-15-21)42-8-10-43(11-9-42)30(46)6-7-31(47)48;1-17-15-40(16-18(2)38(17)3)26-12-24(31)22(19-13-35-28(36-14-19)39-6-8-42-9-7-39)11-25(26)37-27(41)21-5-4-20(30)10-23(21)29(32,33)34;1-14-12-36(13-15(2)35(14)3)23-7-5-16(18-6-4-17(25(32)38)8-21(18)28)9-22(23)34-26(39)19-11-33-24(37)10-20(19)27(29,30)31/h4-5,12-16,19-20H,6-11,17-18H2,1-3H3,(H,39,45)(H,40,49)(H,47,48);4-5,10-14,17-18H,6-9,15-16H2,1-3H3,(H,37,41);4-11,14-15H,12-13H2,1-3H3,(H2,32,38)(H,33,37)(H,34,39)/t19-,20+;17-,18+;14-,15+. The number of morpholine rings is 1. The molecule has 0 radical (unpaired) electrons. The first kappa shape index (κ1) is 96.1. The molecule has 0 saturated carbocycles. The molecule has 9 aromatic rings. The second-order valence-electron chi connectivity index (χ2n) is 32.6. The van der Waals surface area contributed by atoms with E-state index in [0.717, 1.165) is 18.2 Å². The van der Waals surface area contributed by atoms with Crippen LogP contribution in [0.4, 0.5) is 103 Å². The lowest BCUT2D eigenvalue weighted by Crippen LogP contribution is -2.55. The molecule has 5 amide bonds. The molecule has 5 aromatic carbocycles. The van der Waals surface area contributed by atoms with Crippen LogP contribution in [0.5, 0.6) is 0 Å². The highest BCUT2D eigenvalue weighted by atomic mass is 19.4. The summed E-state index contributed by atoms with van der Waals surface area (Å²) in [5.41, 5.74) is -0.623. The second-order valence-corrected chi connectivity index (χ2v) is 32.6. The lowest BCUT2D eigenvalue weighted by atomic mass is 10.00. The van der Waals surface area contributed by atoms with E-state index in [2.05, 4.69) is 55.6 Å². The Morgan fingerprint density at radius 2 is 0.869 bits per heavy atom. The number of halogens is 13. The van der Waals surface area contributed by atoms with Gasteiger partial charge in [0.15, 0.2) is 0 Å². The van der Waals surface area contributed by atoms with Crippen LogP contribution in [0, 0.1) is 23.3 Å². The maximum absolute atomic E-state index is 15.9. The number of nitrogens with zero attached hydrogens (tertiary/aromatic N) is 12. The van der Waals surface area contributed by atoms with E-state index in [9.17, 15) is 86.7 Å². The number of alkyl halides is 9. The first-order valence-corrected chi connectivity index (χ1v) is 41.4. The van der Waals surface area contributed by atoms with Crippen LogP contribution in [-0.2, 0) is 32.9 Å². The zero-order valence-electron chi connectivity index (χ0n) is 72.0. The highest BCUT2D eigenvalue weighted by Gasteiger charge is 2.41. The number of likely N-dealkylation sites (N-methyl/N-ethyl adjacent to an activating group) is 3. The maximum Gasteiger partial charge on any atom is 0.417 e. The average Bonchev–Trinajstić information content (AvgIpc) is 0.778. The van der Waals surface area contributed by atoms with E-state index in [1.54, 1.807) is 29.2 Å². The maximum atomic E-state index is 15.9. The van der Waals surface area contributed by atoms with Gasteiger partial charge in [0.1, 0.15) is 29.1 Å². The molecule has 5 aliphatic rings. The SMILES string of the molecule is C[C@@H]1CN(c2cc(F)c(-c3ccc(N4CCN(C(=O)CCC(=O)O)CC4)nc3)cc2NC(=O)c2c[nH]c(=O)cc2C(F)(F)F)C[C@H](C)N1C.C[C@@H]1CN(c2cc(F)c(-c3cnc(N4CCOCC4)nc3)cc2NC(=O)c2ccc(F)cc2C(F)(F)F)C[C@H](C)N1C.C[C@@H]1CN(c2ccc(-c3ccc(C(N)=O)cc3F)cc2NC(=O)c2c[nH]c(=O)cc2C(F)(F)F)C[C@H](C)N1C. The van der Waals surface area contributed by atoms with Gasteiger partial charge in [0.05, 0.1) is 87.1 Å². The number of benzene rings is 5. The summed E-state index contributed by atoms with van der Waals surface area (Å²) in [6.07, 6.45) is -9.40. The van der Waals surface area contributed by atoms with Gasteiger partial charge in [-0.25, -0.2) is 32.5 Å². The minimum atomic E-state index is -4.98. The Morgan fingerprint density at radius 1 is 0.446 bits per heavy atom. The van der Waals surface area contributed by atoms with Crippen molar-refractivity contribution < 1.29 is 95.7 Å². The van der Waals surface area contributed by atoms with Gasteiger partial charge in [-0.1, -0.05) is 12.1 Å². The Labute approximate surface area is 737 Å². The molecule has 0 bridgehead atoms. The first-order chi connectivity index (χ1) is 61.3. The molecule has 41 heteroatoms. The molecule has 28 nitrogen and oxygen atoms in total. The van der Waals surface area contributed by atoms with Crippen LogP contribution in [0.25, 0.3) is 33.4 Å². The van der Waals surface area contributed by atoms with Gasteiger partial charge in [-0.15, -0.1) is 0 Å². The molecule has 130 heavy (non-hydrogen) atoms. The van der Waals surface area contributed by atoms with Crippen LogP contribution in [-0.4, -0.2) is 234 Å². The fourth-order valence-corrected chi connectivity index (χ4v) is 16.1. The number of aromatic amines is 2. The number of carboxylic acids is 1. The van der Waals surface area contributed by atoms with Crippen LogP contribution in [0.15, 0.2) is 144 Å². The molecule has 0 unspecified atom stereocenters. The number of primary amides is 1. The Balaban J connectivity index is 0.000000178. The fraction of sp³-hybridized carbons (Fsp3) is 0.382. The van der Waals surface area contributed by atoms with Crippen LogP contribution in [0.2, 0.25) is 0 Å². The van der Waals surface area contributed by atoms with Crippen molar-refractivity contribution in [2.75, 3.05) is 153 Å². The molecule has 14 rings (SSSR count). The smallest absolute Gasteiger partial charge is 0.417 e. The molecule has 8 N–H and O–H groups in total. The van der Waals surface area contributed by atoms with Crippen molar-refractivity contribution in [3.8, 4) is 33.4 Å². The van der Waals surface area contributed by atoms with E-state index < -0.39 is 116 Å². The molecule has 4 aromatic heterocycles. The number of amides is 5. The van der Waals surface area contributed by atoms with Gasteiger partial charge >= 0.3 is 24.5 Å². The third-order valence-electron chi connectivity index (χ3n) is 23.9. The van der Waals surface area contributed by atoms with E-state index in [1.807, 2.05) is 87.2 Å². The van der Waals surface area contributed by atoms with Crippen molar-refractivity contribution in [2.45, 2.75) is 109 Å². The summed E-state index contributed by atoms with van der Waals surface area (Å²) in [4.78, 5) is 133. The molecule has 5 saturated heterocycles. The number of H-pyrrole nitrogens is 2. The summed E-state index contributed by atoms with van der Waals surface area (Å²) in [6.45, 7) is 19.1. The summed E-state index contributed by atoms with van der Waals surface area (Å²) in [5, 5.41) is 16.5. The van der Waals surface area contributed by atoms with Gasteiger partial charge in [0, 0.05) is 198 Å². The number of aliphatic carboxylic acids is 1. The number of carboxylic acid groups (broad SMARTS) is 1. The molecule has 5 aliphatic heterocycles. The fourth-order valence-electron chi connectivity index (χ4n) is 16.1. The number of carbonyl (C=O) groups is 6. The third-order valence-corrected chi connectivity index (χ3v) is 23.9. The molecule has 5 fully saturated rings. The molecule has 0 aliphatic carbocycles. The topological polar surface area (TPSA) is 328 Å². The van der Waals surface area contributed by atoms with Crippen LogP contribution < -0.4 is 57.3 Å². The number of rotatable bonds is 18. The summed E-state index contributed by atoms with van der Waals surface area (Å²) >= 11 is 0. The number of nitrogens with one attached hydrogen (secondary N) is 5. The number of pyridine rings is 3. The Kier molecular flexibility index (Phi) is 29.5. The normalized spacial score (nSPS) is 19.0. The number of aromatic nitrogens is 5. The summed E-state index contributed by atoms with van der Waals surface area (Å²) < 4.78 is 189. The van der Waals surface area contributed by atoms with Crippen molar-refractivity contribution in [3.05, 3.63) is 217 Å². The summed E-state index contributed by atoms with van der Waals surface area (Å²) in [6, 6.07) is 20.1. The van der Waals surface area contributed by atoms with Crippen molar-refractivity contribution in [3.63, 3.8) is 0 Å². The van der Waals surface area contributed by atoms with Gasteiger partial charge in [0.2, 0.25) is 28.9 Å². The van der Waals surface area contributed by atoms with Crippen molar-refractivity contribution in [1.29, 1.82) is 0 Å². The zero-order chi connectivity index (χ0) is 94.4. The van der Waals surface area contributed by atoms with Crippen molar-refractivity contribution in [2.24, 2.45) is 5.73 Å².